The number of para-hydroxylation sites is 1. The number of aromatic amines is 1. The molecule has 0 atom stereocenters. The molecule has 0 amide bonds. The summed E-state index contributed by atoms with van der Waals surface area (Å²) in [6.07, 6.45) is 0. The van der Waals surface area contributed by atoms with Crippen LogP contribution in [-0.2, 0) is 27.5 Å². The Kier molecular flexibility index (Phi) is 11.9. The van der Waals surface area contributed by atoms with Crippen LogP contribution in [0.3, 0.4) is 0 Å². The Balaban J connectivity index is 0.000000219. The third-order valence-corrected chi connectivity index (χ3v) is 9.00. The number of nitro benzene ring substituents is 2. The molecule has 1 aromatic heterocycles. The number of benzene rings is 6. The predicted octanol–water partition coefficient (Wildman–Crippen LogP) is 7.21. The molecule has 0 aliphatic carbocycles. The van der Waals surface area contributed by atoms with E-state index in [1.807, 2.05) is 6.07 Å². The summed E-state index contributed by atoms with van der Waals surface area (Å²) < 4.78 is 34.3. The number of nitrogens with one attached hydrogen (secondary N) is 1. The van der Waals surface area contributed by atoms with Crippen molar-refractivity contribution in [3.8, 4) is 22.9 Å². The molecule has 7 rings (SSSR count). The SMILES string of the molecule is Cc1[nH]n(-c2ccccc2)c(=O)c1N=Nc1cc([N+](=O)[O-])ccc1[O-].O=[N+]([O-])c1ccc2c(N=Nc3c([O-])ccc4ccccc34)c(O)cc(S(=O)(=O)O)c2c1.[Cr+3]. The van der Waals surface area contributed by atoms with Crippen molar-refractivity contribution in [1.82, 2.24) is 9.78 Å². The summed E-state index contributed by atoms with van der Waals surface area (Å²) in [6, 6.07) is 25.9. The maximum Gasteiger partial charge on any atom is 3.00 e. The van der Waals surface area contributed by atoms with E-state index in [0.717, 1.165) is 41.8 Å². The summed E-state index contributed by atoms with van der Waals surface area (Å²) in [7, 11) is -4.82. The van der Waals surface area contributed by atoms with Crippen molar-refractivity contribution in [3.63, 3.8) is 0 Å². The molecule has 57 heavy (non-hydrogen) atoms. The zero-order chi connectivity index (χ0) is 40.3. The van der Waals surface area contributed by atoms with Gasteiger partial charge in [-0.3, -0.25) is 34.7 Å². The summed E-state index contributed by atoms with van der Waals surface area (Å²) in [6.45, 7) is 1.64. The van der Waals surface area contributed by atoms with E-state index in [1.54, 1.807) is 61.5 Å². The Morgan fingerprint density at radius 3 is 1.96 bits per heavy atom. The fraction of sp³-hybridized carbons (Fsp3) is 0.0278. The van der Waals surface area contributed by atoms with Gasteiger partial charge in [-0.15, -0.1) is 10.2 Å². The van der Waals surface area contributed by atoms with E-state index >= 15 is 0 Å². The Bertz CT molecular complexity index is 2940. The van der Waals surface area contributed by atoms with E-state index in [4.69, 9.17) is 0 Å². The normalized spacial score (nSPS) is 11.4. The Labute approximate surface area is 330 Å². The number of azo groups is 2. The monoisotopic (exact) mass is 828 g/mol. The molecule has 3 N–H and O–H groups in total. The van der Waals surface area contributed by atoms with E-state index in [-0.39, 0.29) is 56.6 Å². The van der Waals surface area contributed by atoms with Gasteiger partial charge in [-0.05, 0) is 30.5 Å². The fourth-order valence-electron chi connectivity index (χ4n) is 5.44. The third kappa shape index (κ3) is 8.66. The number of hydrogen-bond donors (Lipinski definition) is 3. The van der Waals surface area contributed by atoms with Crippen LogP contribution in [0.25, 0.3) is 27.2 Å². The average Bonchev–Trinajstić information content (AvgIpc) is 3.46. The van der Waals surface area contributed by atoms with E-state index in [9.17, 15) is 53.3 Å². The molecular formula is C36H24CrN8O11S+. The van der Waals surface area contributed by atoms with Crippen LogP contribution in [0.5, 0.6) is 17.2 Å². The van der Waals surface area contributed by atoms with Crippen LogP contribution in [0.15, 0.2) is 139 Å². The molecule has 0 spiro atoms. The van der Waals surface area contributed by atoms with Crippen LogP contribution in [0, 0.1) is 27.2 Å². The van der Waals surface area contributed by atoms with Gasteiger partial charge in [-0.1, -0.05) is 72.2 Å². The van der Waals surface area contributed by atoms with E-state index in [2.05, 4.69) is 25.6 Å². The zero-order valence-corrected chi connectivity index (χ0v) is 31.0. The molecule has 6 aromatic carbocycles. The van der Waals surface area contributed by atoms with Gasteiger partial charge in [0.15, 0.2) is 5.69 Å². The zero-order valence-electron chi connectivity index (χ0n) is 28.9. The topological polar surface area (TPSA) is 294 Å². The Hall–Kier alpha value is -7.31. The summed E-state index contributed by atoms with van der Waals surface area (Å²) in [5.74, 6) is -1.59. The molecule has 0 aliphatic rings. The summed E-state index contributed by atoms with van der Waals surface area (Å²) in [4.78, 5) is 32.2. The Morgan fingerprint density at radius 2 is 1.28 bits per heavy atom. The summed E-state index contributed by atoms with van der Waals surface area (Å²) >= 11 is 0. The maximum absolute atomic E-state index is 12.5. The quantitative estimate of drug-likeness (QED) is 0.0595. The second-order valence-electron chi connectivity index (χ2n) is 11.7. The van der Waals surface area contributed by atoms with Crippen molar-refractivity contribution < 1.29 is 55.5 Å². The van der Waals surface area contributed by atoms with E-state index in [1.165, 1.54) is 16.8 Å². The van der Waals surface area contributed by atoms with Gasteiger partial charge in [0.05, 0.1) is 32.6 Å². The summed E-state index contributed by atoms with van der Waals surface area (Å²) in [5.41, 5.74) is -0.466. The van der Waals surface area contributed by atoms with Crippen LogP contribution >= 0.6 is 0 Å². The van der Waals surface area contributed by atoms with E-state index in [0.29, 0.717) is 16.8 Å². The number of aromatic nitrogens is 2. The summed E-state index contributed by atoms with van der Waals surface area (Å²) in [5, 5.41) is 75.6. The first kappa shape index (κ1) is 40.9. The molecule has 285 valence electrons. The van der Waals surface area contributed by atoms with Crippen molar-refractivity contribution in [3.05, 3.63) is 145 Å². The number of non-ortho nitro benzene ring substituents is 2. The maximum atomic E-state index is 12.5. The molecule has 0 unspecified atom stereocenters. The molecule has 0 aliphatic heterocycles. The van der Waals surface area contributed by atoms with Crippen LogP contribution in [0.4, 0.5) is 34.1 Å². The number of nitrogens with zero attached hydrogens (tertiary/aromatic N) is 7. The molecule has 0 bridgehead atoms. The molecule has 21 heteroatoms. The number of rotatable bonds is 8. The standard InChI is InChI=1S/C20H13N3O7S.C16H13N5O4.Cr/c24-16-8-5-11-3-1-2-4-13(11)19(16)21-22-20-14-7-6-12(23(26)27)9-15(14)18(10-17(20)25)31(28,29)30;1-10-15(16(23)20(19-10)11-5-3-2-4-6-11)18-17-13-9-12(21(24)25)7-8-14(13)22;/h1-10,24-25H,(H,28,29,30);2-9,19,22H,1H3;/q;;+3/p-2. The smallest absolute Gasteiger partial charge is 0.871 e. The number of H-pyrrole nitrogens is 1. The van der Waals surface area contributed by atoms with Gasteiger partial charge in [0.2, 0.25) is 0 Å². The third-order valence-electron chi connectivity index (χ3n) is 8.10. The van der Waals surface area contributed by atoms with Crippen molar-refractivity contribution in [2.24, 2.45) is 20.5 Å². The first-order valence-corrected chi connectivity index (χ1v) is 17.3. The molecule has 0 fully saturated rings. The molecular weight excluding hydrogens is 805 g/mol. The average molecular weight is 829 g/mol. The minimum atomic E-state index is -4.82. The van der Waals surface area contributed by atoms with E-state index < -0.39 is 53.4 Å². The van der Waals surface area contributed by atoms with Gasteiger partial charge in [0, 0.05) is 46.5 Å². The first-order chi connectivity index (χ1) is 26.6. The first-order valence-electron chi connectivity index (χ1n) is 15.9. The van der Waals surface area contributed by atoms with Gasteiger partial charge < -0.3 is 15.3 Å². The number of nitro groups is 2. The molecule has 7 aromatic rings. The van der Waals surface area contributed by atoms with Gasteiger partial charge in [-0.25, -0.2) is 4.68 Å². The van der Waals surface area contributed by atoms with Crippen molar-refractivity contribution in [2.45, 2.75) is 11.8 Å². The largest absolute Gasteiger partial charge is 3.00 e. The minimum absolute atomic E-state index is 0. The second-order valence-corrected chi connectivity index (χ2v) is 13.1. The van der Waals surface area contributed by atoms with Crippen LogP contribution in [0.1, 0.15) is 5.69 Å². The molecule has 0 saturated carbocycles. The fourth-order valence-corrected chi connectivity index (χ4v) is 6.14. The molecule has 19 nitrogen and oxygen atoms in total. The van der Waals surface area contributed by atoms with Crippen LogP contribution in [-0.4, -0.2) is 37.7 Å². The van der Waals surface area contributed by atoms with Gasteiger partial charge in [0.25, 0.3) is 27.1 Å². The van der Waals surface area contributed by atoms with Crippen molar-refractivity contribution >= 4 is 65.8 Å². The number of aromatic hydroxyl groups is 1. The number of aryl methyl sites for hydroxylation is 1. The van der Waals surface area contributed by atoms with Gasteiger partial charge in [-0.2, -0.15) is 18.6 Å². The molecule has 1 radical (unpaired) electrons. The molecule has 0 saturated heterocycles. The minimum Gasteiger partial charge on any atom is -0.871 e. The second kappa shape index (κ2) is 16.6. The van der Waals surface area contributed by atoms with Crippen molar-refractivity contribution in [2.75, 3.05) is 0 Å². The van der Waals surface area contributed by atoms with Gasteiger partial charge in [0.1, 0.15) is 16.3 Å². The Morgan fingerprint density at radius 1 is 0.684 bits per heavy atom. The number of hydrogen-bond acceptors (Lipinski definition) is 14. The number of fused-ring (bicyclic) bond motifs is 2. The number of phenols is 1. The predicted molar refractivity (Wildman–Crippen MR) is 197 cm³/mol. The number of phenolic OH excluding ortho intramolecular Hbond substituents is 1. The van der Waals surface area contributed by atoms with Crippen molar-refractivity contribution in [1.29, 1.82) is 0 Å². The van der Waals surface area contributed by atoms with Crippen LogP contribution < -0.4 is 15.8 Å². The molecule has 1 heterocycles. The van der Waals surface area contributed by atoms with Crippen LogP contribution in [0.2, 0.25) is 0 Å². The van der Waals surface area contributed by atoms with Gasteiger partial charge >= 0.3 is 17.4 Å².